The van der Waals surface area contributed by atoms with Crippen LogP contribution in [0.2, 0.25) is 0 Å². The molecule has 3 fully saturated rings. The van der Waals surface area contributed by atoms with Crippen molar-refractivity contribution < 1.29 is 4.74 Å². The molecule has 2 nitrogen and oxygen atoms in total. The zero-order chi connectivity index (χ0) is 12.4. The van der Waals surface area contributed by atoms with Gasteiger partial charge in [0.2, 0.25) is 0 Å². The standard InChI is InChI=1S/C15H27NOS/c1-12-2-3-14(10-16-12)8-13-4-6-17-15(9-13)5-7-18-11-15/h12-14,16H,2-11H2,1H3. The van der Waals surface area contributed by atoms with E-state index in [1.54, 1.807) is 0 Å². The van der Waals surface area contributed by atoms with Gasteiger partial charge in [-0.15, -0.1) is 0 Å². The number of hydrogen-bond donors (Lipinski definition) is 1. The second-order valence-corrected chi connectivity index (χ2v) is 7.79. The average Bonchev–Trinajstić information content (AvgIpc) is 2.80. The van der Waals surface area contributed by atoms with Crippen molar-refractivity contribution in [3.8, 4) is 0 Å². The molecule has 0 bridgehead atoms. The maximum Gasteiger partial charge on any atom is 0.0783 e. The van der Waals surface area contributed by atoms with Crippen LogP contribution in [0.3, 0.4) is 0 Å². The van der Waals surface area contributed by atoms with E-state index >= 15 is 0 Å². The van der Waals surface area contributed by atoms with Crippen molar-refractivity contribution in [3.63, 3.8) is 0 Å². The predicted octanol–water partition coefficient (Wildman–Crippen LogP) is 3.07. The Morgan fingerprint density at radius 1 is 1.28 bits per heavy atom. The molecule has 3 heterocycles. The quantitative estimate of drug-likeness (QED) is 0.832. The molecule has 0 aliphatic carbocycles. The fraction of sp³-hybridized carbons (Fsp3) is 1.00. The van der Waals surface area contributed by atoms with E-state index in [1.165, 1.54) is 56.6 Å². The molecule has 0 aromatic rings. The van der Waals surface area contributed by atoms with E-state index < -0.39 is 0 Å². The third-order valence-electron chi connectivity index (χ3n) is 5.09. The first-order chi connectivity index (χ1) is 8.76. The molecule has 18 heavy (non-hydrogen) atoms. The summed E-state index contributed by atoms with van der Waals surface area (Å²) >= 11 is 2.09. The summed E-state index contributed by atoms with van der Waals surface area (Å²) in [5, 5.41) is 3.65. The van der Waals surface area contributed by atoms with Crippen molar-refractivity contribution in [2.75, 3.05) is 24.7 Å². The highest BCUT2D eigenvalue weighted by atomic mass is 32.2. The Balaban J connectivity index is 1.50. The molecule has 1 N–H and O–H groups in total. The van der Waals surface area contributed by atoms with Gasteiger partial charge in [0.05, 0.1) is 5.60 Å². The minimum Gasteiger partial charge on any atom is -0.374 e. The number of hydrogen-bond acceptors (Lipinski definition) is 3. The van der Waals surface area contributed by atoms with Gasteiger partial charge in [-0.1, -0.05) is 0 Å². The molecule has 0 aromatic heterocycles. The summed E-state index contributed by atoms with van der Waals surface area (Å²) in [7, 11) is 0. The van der Waals surface area contributed by atoms with Gasteiger partial charge < -0.3 is 10.1 Å². The molecule has 3 aliphatic rings. The summed E-state index contributed by atoms with van der Waals surface area (Å²) in [5.41, 5.74) is 0.281. The lowest BCUT2D eigenvalue weighted by Gasteiger charge is -2.40. The molecular weight excluding hydrogens is 242 g/mol. The van der Waals surface area contributed by atoms with Crippen molar-refractivity contribution in [1.82, 2.24) is 5.32 Å². The summed E-state index contributed by atoms with van der Waals surface area (Å²) in [5.74, 6) is 4.42. The zero-order valence-corrected chi connectivity index (χ0v) is 12.4. The molecular formula is C15H27NOS. The van der Waals surface area contributed by atoms with Crippen LogP contribution in [-0.2, 0) is 4.74 Å². The fourth-order valence-electron chi connectivity index (χ4n) is 3.92. The Labute approximate surface area is 116 Å². The molecule has 3 heteroatoms. The van der Waals surface area contributed by atoms with Crippen LogP contribution in [0.25, 0.3) is 0 Å². The lowest BCUT2D eigenvalue weighted by molar-refractivity contribution is -0.0831. The number of nitrogens with one attached hydrogen (secondary N) is 1. The van der Waals surface area contributed by atoms with Gasteiger partial charge >= 0.3 is 0 Å². The van der Waals surface area contributed by atoms with Crippen LogP contribution in [0.4, 0.5) is 0 Å². The number of ether oxygens (including phenoxy) is 1. The lowest BCUT2D eigenvalue weighted by Crippen LogP contribution is -2.42. The molecule has 0 aromatic carbocycles. The van der Waals surface area contributed by atoms with E-state index in [0.29, 0.717) is 0 Å². The molecule has 4 unspecified atom stereocenters. The van der Waals surface area contributed by atoms with Crippen molar-refractivity contribution >= 4 is 11.8 Å². The average molecular weight is 269 g/mol. The van der Waals surface area contributed by atoms with Crippen molar-refractivity contribution in [3.05, 3.63) is 0 Å². The molecule has 104 valence electrons. The first-order valence-electron chi connectivity index (χ1n) is 7.71. The monoisotopic (exact) mass is 269 g/mol. The number of thioether (sulfide) groups is 1. The van der Waals surface area contributed by atoms with E-state index in [9.17, 15) is 0 Å². The van der Waals surface area contributed by atoms with Crippen LogP contribution in [0.15, 0.2) is 0 Å². The van der Waals surface area contributed by atoms with Gasteiger partial charge in [-0.3, -0.25) is 0 Å². The van der Waals surface area contributed by atoms with Crippen LogP contribution in [0.5, 0.6) is 0 Å². The Bertz CT molecular complexity index is 270. The van der Waals surface area contributed by atoms with Gasteiger partial charge in [-0.25, -0.2) is 0 Å². The highest BCUT2D eigenvalue weighted by Crippen LogP contribution is 2.42. The molecule has 3 aliphatic heterocycles. The maximum atomic E-state index is 6.13. The van der Waals surface area contributed by atoms with E-state index in [0.717, 1.165) is 24.5 Å². The van der Waals surface area contributed by atoms with Gasteiger partial charge in [-0.2, -0.15) is 11.8 Å². The van der Waals surface area contributed by atoms with E-state index in [2.05, 4.69) is 24.0 Å². The van der Waals surface area contributed by atoms with Crippen molar-refractivity contribution in [2.45, 2.75) is 57.1 Å². The molecule has 0 saturated carbocycles. The van der Waals surface area contributed by atoms with Crippen LogP contribution in [0.1, 0.15) is 45.4 Å². The molecule has 0 radical (unpaired) electrons. The van der Waals surface area contributed by atoms with E-state index in [1.807, 2.05) is 0 Å². The smallest absolute Gasteiger partial charge is 0.0783 e. The molecule has 0 amide bonds. The van der Waals surface area contributed by atoms with Crippen LogP contribution in [-0.4, -0.2) is 36.3 Å². The normalized spacial score (nSPS) is 45.5. The van der Waals surface area contributed by atoms with E-state index in [-0.39, 0.29) is 5.60 Å². The van der Waals surface area contributed by atoms with E-state index in [4.69, 9.17) is 4.74 Å². The van der Waals surface area contributed by atoms with Crippen LogP contribution in [0, 0.1) is 11.8 Å². The Hall–Kier alpha value is 0.270. The summed E-state index contributed by atoms with van der Waals surface area (Å²) in [6.07, 6.45) is 8.19. The largest absolute Gasteiger partial charge is 0.374 e. The summed E-state index contributed by atoms with van der Waals surface area (Å²) in [6.45, 7) is 4.58. The van der Waals surface area contributed by atoms with Gasteiger partial charge in [0.15, 0.2) is 0 Å². The van der Waals surface area contributed by atoms with Crippen molar-refractivity contribution in [1.29, 1.82) is 0 Å². The van der Waals surface area contributed by atoms with Gasteiger partial charge in [0.1, 0.15) is 0 Å². The first kappa shape index (κ1) is 13.3. The highest BCUT2D eigenvalue weighted by Gasteiger charge is 2.40. The third kappa shape index (κ3) is 3.05. The second kappa shape index (κ2) is 5.72. The van der Waals surface area contributed by atoms with Gasteiger partial charge in [-0.05, 0) is 69.6 Å². The number of rotatable bonds is 2. The fourth-order valence-corrected chi connectivity index (χ4v) is 5.30. The maximum absolute atomic E-state index is 6.13. The summed E-state index contributed by atoms with van der Waals surface area (Å²) < 4.78 is 6.13. The van der Waals surface area contributed by atoms with Crippen LogP contribution < -0.4 is 5.32 Å². The first-order valence-corrected chi connectivity index (χ1v) is 8.86. The van der Waals surface area contributed by atoms with Crippen molar-refractivity contribution in [2.24, 2.45) is 11.8 Å². The third-order valence-corrected chi connectivity index (χ3v) is 6.31. The number of piperidine rings is 1. The molecule has 3 saturated heterocycles. The predicted molar refractivity (Wildman–Crippen MR) is 78.2 cm³/mol. The minimum absolute atomic E-state index is 0.281. The zero-order valence-electron chi connectivity index (χ0n) is 11.6. The second-order valence-electron chi connectivity index (χ2n) is 6.68. The topological polar surface area (TPSA) is 21.3 Å². The highest BCUT2D eigenvalue weighted by molar-refractivity contribution is 7.99. The van der Waals surface area contributed by atoms with Gasteiger partial charge in [0.25, 0.3) is 0 Å². The lowest BCUT2D eigenvalue weighted by atomic mass is 9.78. The molecule has 3 rings (SSSR count). The Morgan fingerprint density at radius 2 is 2.22 bits per heavy atom. The Morgan fingerprint density at radius 3 is 2.94 bits per heavy atom. The Kier molecular flexibility index (Phi) is 4.21. The van der Waals surface area contributed by atoms with Crippen LogP contribution >= 0.6 is 11.8 Å². The summed E-state index contributed by atoms with van der Waals surface area (Å²) in [4.78, 5) is 0. The van der Waals surface area contributed by atoms with Gasteiger partial charge in [0, 0.05) is 18.4 Å². The molecule has 4 atom stereocenters. The molecule has 1 spiro atoms. The minimum atomic E-state index is 0.281. The summed E-state index contributed by atoms with van der Waals surface area (Å²) in [6, 6.07) is 0.744. The SMILES string of the molecule is CC1CCC(CC2CCOC3(CCSC3)C2)CN1.